The summed E-state index contributed by atoms with van der Waals surface area (Å²) in [5.41, 5.74) is 7.21. The minimum absolute atomic E-state index is 0.159. The van der Waals surface area contributed by atoms with E-state index >= 15 is 0 Å². The molecular weight excluding hydrogens is 302 g/mol. The average Bonchev–Trinajstić information content (AvgIpc) is 2.94. The van der Waals surface area contributed by atoms with Crippen molar-refractivity contribution in [1.82, 2.24) is 9.78 Å². The molecular formula is C15H17N3O5. The van der Waals surface area contributed by atoms with Gasteiger partial charge < -0.3 is 19.9 Å². The van der Waals surface area contributed by atoms with E-state index in [0.29, 0.717) is 16.9 Å². The predicted molar refractivity (Wildman–Crippen MR) is 81.4 cm³/mol. The largest absolute Gasteiger partial charge is 0.496 e. The van der Waals surface area contributed by atoms with Crippen molar-refractivity contribution in [2.24, 2.45) is 0 Å². The zero-order valence-corrected chi connectivity index (χ0v) is 13.0. The number of esters is 2. The Morgan fingerprint density at radius 1 is 1.17 bits per heavy atom. The molecule has 2 rings (SSSR count). The molecule has 8 nitrogen and oxygen atoms in total. The standard InChI is InChI=1S/C15H17N3O5/c1-21-12-6-9(14(19)22-2)4-5-10(12)8-18-13(15(20)23-3)11(16)7-17-18/h4-7H,8,16H2,1-3H3. The molecule has 1 aromatic carbocycles. The number of nitrogens with zero attached hydrogens (tertiary/aromatic N) is 2. The highest BCUT2D eigenvalue weighted by Gasteiger charge is 2.19. The van der Waals surface area contributed by atoms with Crippen LogP contribution in [0.25, 0.3) is 0 Å². The number of carbonyl (C=O) groups excluding carboxylic acids is 2. The van der Waals surface area contributed by atoms with Crippen LogP contribution in [0, 0.1) is 0 Å². The van der Waals surface area contributed by atoms with Crippen molar-refractivity contribution in [3.05, 3.63) is 41.2 Å². The molecule has 1 heterocycles. The molecule has 0 radical (unpaired) electrons. The molecule has 0 saturated carbocycles. The van der Waals surface area contributed by atoms with Crippen LogP contribution in [0.4, 0.5) is 5.69 Å². The average molecular weight is 319 g/mol. The fourth-order valence-electron chi connectivity index (χ4n) is 2.12. The molecule has 2 aromatic rings. The lowest BCUT2D eigenvalue weighted by Gasteiger charge is -2.12. The van der Waals surface area contributed by atoms with Gasteiger partial charge in [0.1, 0.15) is 5.75 Å². The van der Waals surface area contributed by atoms with Crippen LogP contribution in [0.3, 0.4) is 0 Å². The number of aromatic nitrogens is 2. The van der Waals surface area contributed by atoms with Gasteiger partial charge in [-0.2, -0.15) is 5.10 Å². The van der Waals surface area contributed by atoms with Crippen molar-refractivity contribution in [2.75, 3.05) is 27.1 Å². The van der Waals surface area contributed by atoms with Crippen LogP contribution in [-0.4, -0.2) is 43.0 Å². The summed E-state index contributed by atoms with van der Waals surface area (Å²) in [4.78, 5) is 23.4. The summed E-state index contributed by atoms with van der Waals surface area (Å²) in [5.74, 6) is -0.573. The van der Waals surface area contributed by atoms with Gasteiger partial charge in [-0.25, -0.2) is 9.59 Å². The van der Waals surface area contributed by atoms with E-state index in [1.54, 1.807) is 18.2 Å². The molecule has 23 heavy (non-hydrogen) atoms. The SMILES string of the molecule is COC(=O)c1ccc(Cn2ncc(N)c2C(=O)OC)c(OC)c1. The molecule has 0 amide bonds. The third kappa shape index (κ3) is 3.25. The molecule has 0 aliphatic carbocycles. The monoisotopic (exact) mass is 319 g/mol. The molecule has 0 aliphatic rings. The molecule has 0 saturated heterocycles. The number of methoxy groups -OCH3 is 3. The van der Waals surface area contributed by atoms with Crippen LogP contribution >= 0.6 is 0 Å². The van der Waals surface area contributed by atoms with Crippen LogP contribution < -0.4 is 10.5 Å². The Morgan fingerprint density at radius 3 is 2.48 bits per heavy atom. The Kier molecular flexibility index (Phi) is 4.85. The highest BCUT2D eigenvalue weighted by molar-refractivity contribution is 5.93. The van der Waals surface area contributed by atoms with E-state index in [1.165, 1.54) is 32.2 Å². The zero-order chi connectivity index (χ0) is 17.0. The molecule has 122 valence electrons. The van der Waals surface area contributed by atoms with Crippen molar-refractivity contribution in [2.45, 2.75) is 6.54 Å². The first-order chi connectivity index (χ1) is 11.0. The molecule has 1 aromatic heterocycles. The second-order valence-electron chi connectivity index (χ2n) is 4.62. The van der Waals surface area contributed by atoms with Gasteiger partial charge in [0, 0.05) is 5.56 Å². The molecule has 0 aliphatic heterocycles. The summed E-state index contributed by atoms with van der Waals surface area (Å²) in [7, 11) is 4.06. The third-order valence-corrected chi connectivity index (χ3v) is 3.27. The maximum absolute atomic E-state index is 11.8. The quantitative estimate of drug-likeness (QED) is 0.822. The Balaban J connectivity index is 2.37. The summed E-state index contributed by atoms with van der Waals surface area (Å²) in [5, 5.41) is 4.07. The van der Waals surface area contributed by atoms with Gasteiger partial charge >= 0.3 is 11.9 Å². The minimum atomic E-state index is -0.579. The number of nitrogens with two attached hydrogens (primary N) is 1. The Labute approximate surface area is 132 Å². The molecule has 0 atom stereocenters. The van der Waals surface area contributed by atoms with E-state index in [2.05, 4.69) is 9.84 Å². The van der Waals surface area contributed by atoms with E-state index in [9.17, 15) is 9.59 Å². The van der Waals surface area contributed by atoms with Crippen molar-refractivity contribution in [3.63, 3.8) is 0 Å². The number of benzene rings is 1. The van der Waals surface area contributed by atoms with Gasteiger partial charge in [0.2, 0.25) is 0 Å². The van der Waals surface area contributed by atoms with Crippen LogP contribution in [0.2, 0.25) is 0 Å². The van der Waals surface area contributed by atoms with Crippen molar-refractivity contribution >= 4 is 17.6 Å². The number of hydrogen-bond acceptors (Lipinski definition) is 7. The number of carbonyl (C=O) groups is 2. The summed E-state index contributed by atoms with van der Waals surface area (Å²) >= 11 is 0. The van der Waals surface area contributed by atoms with E-state index in [1.807, 2.05) is 0 Å². The Morgan fingerprint density at radius 2 is 1.87 bits per heavy atom. The van der Waals surface area contributed by atoms with Gasteiger partial charge in [-0.05, 0) is 12.1 Å². The fraction of sp³-hybridized carbons (Fsp3) is 0.267. The van der Waals surface area contributed by atoms with Gasteiger partial charge in [-0.3, -0.25) is 4.68 Å². The fourth-order valence-corrected chi connectivity index (χ4v) is 2.12. The number of nitrogen functional groups attached to an aromatic ring is 1. The third-order valence-electron chi connectivity index (χ3n) is 3.27. The van der Waals surface area contributed by atoms with Gasteiger partial charge in [-0.1, -0.05) is 6.07 Å². The van der Waals surface area contributed by atoms with Crippen molar-refractivity contribution in [1.29, 1.82) is 0 Å². The van der Waals surface area contributed by atoms with Gasteiger partial charge in [-0.15, -0.1) is 0 Å². The molecule has 2 N–H and O–H groups in total. The smallest absolute Gasteiger partial charge is 0.358 e. The lowest BCUT2D eigenvalue weighted by Crippen LogP contribution is -2.15. The normalized spacial score (nSPS) is 10.2. The zero-order valence-electron chi connectivity index (χ0n) is 13.0. The number of ether oxygens (including phenoxy) is 3. The maximum atomic E-state index is 11.8. The van der Waals surface area contributed by atoms with E-state index in [-0.39, 0.29) is 17.9 Å². The van der Waals surface area contributed by atoms with Gasteiger partial charge in [0.05, 0.1) is 45.3 Å². The van der Waals surface area contributed by atoms with E-state index < -0.39 is 11.9 Å². The van der Waals surface area contributed by atoms with Crippen LogP contribution in [-0.2, 0) is 16.0 Å². The number of hydrogen-bond donors (Lipinski definition) is 1. The second kappa shape index (κ2) is 6.82. The van der Waals surface area contributed by atoms with E-state index in [4.69, 9.17) is 15.2 Å². The molecule has 0 bridgehead atoms. The van der Waals surface area contributed by atoms with Crippen LogP contribution in [0.5, 0.6) is 5.75 Å². The first-order valence-electron chi connectivity index (χ1n) is 6.66. The van der Waals surface area contributed by atoms with E-state index in [0.717, 1.165) is 0 Å². The van der Waals surface area contributed by atoms with Crippen LogP contribution in [0.1, 0.15) is 26.4 Å². The highest BCUT2D eigenvalue weighted by atomic mass is 16.5. The lowest BCUT2D eigenvalue weighted by molar-refractivity contribution is 0.0584. The van der Waals surface area contributed by atoms with Crippen molar-refractivity contribution < 1.29 is 23.8 Å². The number of rotatable bonds is 5. The summed E-state index contributed by atoms with van der Waals surface area (Å²) in [6.45, 7) is 0.228. The predicted octanol–water partition coefficient (Wildman–Crippen LogP) is 1.10. The first kappa shape index (κ1) is 16.3. The summed E-state index contributed by atoms with van der Waals surface area (Å²) in [6, 6.07) is 4.87. The minimum Gasteiger partial charge on any atom is -0.496 e. The topological polar surface area (TPSA) is 106 Å². The lowest BCUT2D eigenvalue weighted by atomic mass is 10.1. The highest BCUT2D eigenvalue weighted by Crippen LogP contribution is 2.23. The molecule has 8 heteroatoms. The Bertz CT molecular complexity index is 739. The Hall–Kier alpha value is -3.03. The maximum Gasteiger partial charge on any atom is 0.358 e. The van der Waals surface area contributed by atoms with Gasteiger partial charge in [0.15, 0.2) is 5.69 Å². The summed E-state index contributed by atoms with van der Waals surface area (Å²) < 4.78 is 16.1. The first-order valence-corrected chi connectivity index (χ1v) is 6.66. The molecule has 0 unspecified atom stereocenters. The van der Waals surface area contributed by atoms with Gasteiger partial charge in [0.25, 0.3) is 0 Å². The van der Waals surface area contributed by atoms with Crippen LogP contribution in [0.15, 0.2) is 24.4 Å². The molecule has 0 spiro atoms. The van der Waals surface area contributed by atoms with Crippen molar-refractivity contribution in [3.8, 4) is 5.75 Å². The molecule has 0 fully saturated rings. The summed E-state index contributed by atoms with van der Waals surface area (Å²) in [6.07, 6.45) is 1.38. The number of anilines is 1. The second-order valence-corrected chi connectivity index (χ2v) is 4.62.